The van der Waals surface area contributed by atoms with Gasteiger partial charge in [-0.15, -0.1) is 0 Å². The van der Waals surface area contributed by atoms with Crippen LogP contribution in [0.2, 0.25) is 0 Å². The Morgan fingerprint density at radius 2 is 1.76 bits per heavy atom. The Kier molecular flexibility index (Phi) is 4.99. The molecule has 0 fully saturated rings. The number of ether oxygens (including phenoxy) is 1. The Morgan fingerprint density at radius 1 is 1.10 bits per heavy atom. The topological polar surface area (TPSA) is 52.3 Å². The van der Waals surface area contributed by atoms with Crippen LogP contribution in [0.15, 0.2) is 48.5 Å². The second kappa shape index (κ2) is 6.93. The summed E-state index contributed by atoms with van der Waals surface area (Å²) in [6.07, 6.45) is 0.997. The summed E-state index contributed by atoms with van der Waals surface area (Å²) in [6, 6.07) is 15.3. The van der Waals surface area contributed by atoms with Gasteiger partial charge in [0, 0.05) is 5.56 Å². The zero-order chi connectivity index (χ0) is 15.2. The van der Waals surface area contributed by atoms with Crippen molar-refractivity contribution in [1.82, 2.24) is 0 Å². The fourth-order valence-corrected chi connectivity index (χ4v) is 2.18. The number of primary amides is 1. The van der Waals surface area contributed by atoms with Crippen molar-refractivity contribution < 1.29 is 9.53 Å². The van der Waals surface area contributed by atoms with E-state index >= 15 is 0 Å². The summed E-state index contributed by atoms with van der Waals surface area (Å²) in [5, 5.41) is 0. The van der Waals surface area contributed by atoms with Crippen LogP contribution in [0.1, 0.15) is 35.3 Å². The van der Waals surface area contributed by atoms with Crippen molar-refractivity contribution in [2.24, 2.45) is 11.7 Å². The van der Waals surface area contributed by atoms with Crippen LogP contribution in [0.3, 0.4) is 0 Å². The van der Waals surface area contributed by atoms with Crippen LogP contribution in [-0.2, 0) is 13.0 Å². The van der Waals surface area contributed by atoms with Gasteiger partial charge >= 0.3 is 0 Å². The number of amides is 1. The lowest BCUT2D eigenvalue weighted by atomic mass is 10.0. The van der Waals surface area contributed by atoms with Gasteiger partial charge in [-0.1, -0.05) is 44.2 Å². The highest BCUT2D eigenvalue weighted by Crippen LogP contribution is 2.22. The number of hydrogen-bond acceptors (Lipinski definition) is 2. The third-order valence-corrected chi connectivity index (χ3v) is 3.23. The van der Waals surface area contributed by atoms with Gasteiger partial charge in [0.1, 0.15) is 12.4 Å². The van der Waals surface area contributed by atoms with Gasteiger partial charge in [-0.2, -0.15) is 0 Å². The van der Waals surface area contributed by atoms with Crippen molar-refractivity contribution >= 4 is 5.91 Å². The van der Waals surface area contributed by atoms with Crippen molar-refractivity contribution in [3.63, 3.8) is 0 Å². The molecule has 2 N–H and O–H groups in total. The molecule has 0 radical (unpaired) electrons. The molecule has 0 saturated heterocycles. The highest BCUT2D eigenvalue weighted by Gasteiger charge is 2.06. The third-order valence-electron chi connectivity index (χ3n) is 3.23. The van der Waals surface area contributed by atoms with Crippen LogP contribution in [0, 0.1) is 5.92 Å². The molecule has 2 aromatic carbocycles. The summed E-state index contributed by atoms with van der Waals surface area (Å²) >= 11 is 0. The van der Waals surface area contributed by atoms with Gasteiger partial charge in [0.25, 0.3) is 0 Å². The van der Waals surface area contributed by atoms with E-state index in [1.165, 1.54) is 5.56 Å². The Bertz CT molecular complexity index is 603. The highest BCUT2D eigenvalue weighted by molar-refractivity contribution is 5.92. The quantitative estimate of drug-likeness (QED) is 0.881. The smallest absolute Gasteiger partial charge is 0.248 e. The predicted molar refractivity (Wildman–Crippen MR) is 84.3 cm³/mol. The van der Waals surface area contributed by atoms with E-state index in [9.17, 15) is 4.79 Å². The van der Waals surface area contributed by atoms with Gasteiger partial charge in [0.15, 0.2) is 0 Å². The van der Waals surface area contributed by atoms with Gasteiger partial charge < -0.3 is 10.5 Å². The molecule has 0 aliphatic heterocycles. The number of rotatable bonds is 6. The molecule has 0 aromatic heterocycles. The average molecular weight is 283 g/mol. The van der Waals surface area contributed by atoms with Crippen molar-refractivity contribution in [1.29, 1.82) is 0 Å². The molecule has 0 aliphatic carbocycles. The Hall–Kier alpha value is -2.29. The number of carbonyl (C=O) groups excluding carboxylic acids is 1. The average Bonchev–Trinajstić information content (AvgIpc) is 2.46. The summed E-state index contributed by atoms with van der Waals surface area (Å²) in [4.78, 5) is 11.0. The second-order valence-electron chi connectivity index (χ2n) is 5.56. The van der Waals surface area contributed by atoms with Crippen LogP contribution in [0.4, 0.5) is 0 Å². The number of carbonyl (C=O) groups is 1. The SMILES string of the molecule is CC(C)Cc1ccccc1OCc1ccc(C(N)=O)cc1. The summed E-state index contributed by atoms with van der Waals surface area (Å²) in [7, 11) is 0. The molecule has 0 bridgehead atoms. The Morgan fingerprint density at radius 3 is 2.38 bits per heavy atom. The van der Waals surface area contributed by atoms with Crippen LogP contribution in [0.5, 0.6) is 5.75 Å². The standard InChI is InChI=1S/C18H21NO2/c1-13(2)11-16-5-3-4-6-17(16)21-12-14-7-9-15(10-8-14)18(19)20/h3-10,13H,11-12H2,1-2H3,(H2,19,20). The maximum absolute atomic E-state index is 11.0. The highest BCUT2D eigenvalue weighted by atomic mass is 16.5. The molecule has 3 heteroatoms. The summed E-state index contributed by atoms with van der Waals surface area (Å²) in [6.45, 7) is 4.87. The summed E-state index contributed by atoms with van der Waals surface area (Å²) < 4.78 is 5.91. The molecule has 0 aliphatic rings. The minimum atomic E-state index is -0.412. The lowest BCUT2D eigenvalue weighted by Crippen LogP contribution is -2.10. The van der Waals surface area contributed by atoms with Gasteiger partial charge in [-0.25, -0.2) is 0 Å². The molecular weight excluding hydrogens is 262 g/mol. The van der Waals surface area contributed by atoms with E-state index in [-0.39, 0.29) is 0 Å². The molecule has 0 unspecified atom stereocenters. The van der Waals surface area contributed by atoms with Crippen molar-refractivity contribution in [2.45, 2.75) is 26.9 Å². The van der Waals surface area contributed by atoms with E-state index in [0.717, 1.165) is 17.7 Å². The minimum absolute atomic E-state index is 0.412. The third kappa shape index (κ3) is 4.35. The number of nitrogens with two attached hydrogens (primary N) is 1. The van der Waals surface area contributed by atoms with Crippen LogP contribution in [0.25, 0.3) is 0 Å². The Labute approximate surface area is 125 Å². The molecule has 0 heterocycles. The fourth-order valence-electron chi connectivity index (χ4n) is 2.18. The first kappa shape index (κ1) is 15.1. The summed E-state index contributed by atoms with van der Waals surface area (Å²) in [5.74, 6) is 1.10. The molecule has 0 atom stereocenters. The van der Waals surface area contributed by atoms with Crippen molar-refractivity contribution in [2.75, 3.05) is 0 Å². The number of hydrogen-bond donors (Lipinski definition) is 1. The molecule has 1 amide bonds. The zero-order valence-electron chi connectivity index (χ0n) is 12.5. The first-order chi connectivity index (χ1) is 10.1. The van der Waals surface area contributed by atoms with Crippen molar-refractivity contribution in [3.05, 3.63) is 65.2 Å². The zero-order valence-corrected chi connectivity index (χ0v) is 12.5. The lowest BCUT2D eigenvalue weighted by Gasteiger charge is -2.13. The van der Waals surface area contributed by atoms with E-state index in [0.29, 0.717) is 18.1 Å². The van der Waals surface area contributed by atoms with Crippen molar-refractivity contribution in [3.8, 4) is 5.75 Å². The maximum Gasteiger partial charge on any atom is 0.248 e. The predicted octanol–water partition coefficient (Wildman–Crippen LogP) is 3.56. The lowest BCUT2D eigenvalue weighted by molar-refractivity contribution is 0.1000. The van der Waals surface area contributed by atoms with E-state index in [2.05, 4.69) is 19.9 Å². The van der Waals surface area contributed by atoms with Gasteiger partial charge in [0.05, 0.1) is 0 Å². The van der Waals surface area contributed by atoms with E-state index in [1.807, 2.05) is 30.3 Å². The first-order valence-electron chi connectivity index (χ1n) is 7.15. The van der Waals surface area contributed by atoms with Crippen LogP contribution in [-0.4, -0.2) is 5.91 Å². The van der Waals surface area contributed by atoms with Gasteiger partial charge in [0.2, 0.25) is 5.91 Å². The largest absolute Gasteiger partial charge is 0.489 e. The van der Waals surface area contributed by atoms with E-state index in [1.54, 1.807) is 12.1 Å². The van der Waals surface area contributed by atoms with Gasteiger partial charge in [-0.3, -0.25) is 4.79 Å². The molecule has 0 spiro atoms. The molecule has 0 saturated carbocycles. The van der Waals surface area contributed by atoms with Gasteiger partial charge in [-0.05, 0) is 41.7 Å². The fraction of sp³-hybridized carbons (Fsp3) is 0.278. The number of benzene rings is 2. The van der Waals surface area contributed by atoms with E-state index in [4.69, 9.17) is 10.5 Å². The molecule has 21 heavy (non-hydrogen) atoms. The first-order valence-corrected chi connectivity index (χ1v) is 7.15. The minimum Gasteiger partial charge on any atom is -0.489 e. The molecule has 110 valence electrons. The normalized spacial score (nSPS) is 10.6. The number of para-hydroxylation sites is 1. The van der Waals surface area contributed by atoms with E-state index < -0.39 is 5.91 Å². The molecule has 3 nitrogen and oxygen atoms in total. The Balaban J connectivity index is 2.04. The summed E-state index contributed by atoms with van der Waals surface area (Å²) in [5.41, 5.74) is 7.97. The van der Waals surface area contributed by atoms with Crippen LogP contribution >= 0.6 is 0 Å². The molecular formula is C18H21NO2. The van der Waals surface area contributed by atoms with Crippen LogP contribution < -0.4 is 10.5 Å². The maximum atomic E-state index is 11.0. The second-order valence-corrected chi connectivity index (χ2v) is 5.56. The molecule has 2 rings (SSSR count). The molecule has 2 aromatic rings. The monoisotopic (exact) mass is 283 g/mol.